The molecule has 3 aromatic rings. The molecule has 3 aromatic carbocycles. The third-order valence-corrected chi connectivity index (χ3v) is 5.00. The zero-order valence-corrected chi connectivity index (χ0v) is 16.5. The van der Waals surface area contributed by atoms with Gasteiger partial charge in [-0.15, -0.1) is 0 Å². The van der Waals surface area contributed by atoms with Gasteiger partial charge >= 0.3 is 0 Å². The van der Waals surface area contributed by atoms with Crippen molar-refractivity contribution in [3.63, 3.8) is 0 Å². The maximum atomic E-state index is 13.3. The van der Waals surface area contributed by atoms with Gasteiger partial charge in [-0.2, -0.15) is 0 Å². The van der Waals surface area contributed by atoms with Gasteiger partial charge in [-0.05, 0) is 42.5 Å². The summed E-state index contributed by atoms with van der Waals surface area (Å²) in [7, 11) is 0. The Balaban J connectivity index is 1.81. The molecule has 162 valence electrons. The number of phenolic OH excluding ortho intramolecular Hbond substituents is 1. The molecule has 5 N–H and O–H groups in total. The molecule has 0 saturated carbocycles. The number of rotatable bonds is 6. The number of ether oxygens (including phenoxy) is 1. The summed E-state index contributed by atoms with van der Waals surface area (Å²) >= 11 is 0. The van der Waals surface area contributed by atoms with Gasteiger partial charge in [-0.3, -0.25) is 19.7 Å². The zero-order chi connectivity index (χ0) is 23.0. The Morgan fingerprint density at radius 2 is 1.62 bits per heavy atom. The third kappa shape index (κ3) is 3.38. The number of nitrogen functional groups attached to an aromatic ring is 1. The van der Waals surface area contributed by atoms with Crippen molar-refractivity contribution >= 4 is 34.3 Å². The first-order valence-corrected chi connectivity index (χ1v) is 9.46. The van der Waals surface area contributed by atoms with E-state index in [0.717, 1.165) is 12.1 Å². The Kier molecular flexibility index (Phi) is 5.21. The normalized spacial score (nSPS) is 12.2. The zero-order valence-electron chi connectivity index (χ0n) is 16.5. The Bertz CT molecular complexity index is 1270. The van der Waals surface area contributed by atoms with Crippen LogP contribution in [0.1, 0.15) is 31.8 Å². The number of anilines is 3. The molecule has 0 atom stereocenters. The smallest absolute Gasteiger partial charge is 0.281 e. The number of nitrogens with two attached hydrogens (primary N) is 1. The van der Waals surface area contributed by atoms with E-state index in [1.54, 1.807) is 24.3 Å². The molecule has 0 bridgehead atoms. The van der Waals surface area contributed by atoms with E-state index in [0.29, 0.717) is 11.4 Å². The average Bonchev–Trinajstić information content (AvgIpc) is 2.77. The number of aliphatic hydroxyl groups is 1. The van der Waals surface area contributed by atoms with Crippen LogP contribution in [0.25, 0.3) is 0 Å². The summed E-state index contributed by atoms with van der Waals surface area (Å²) in [5.74, 6) is -1.57. The molecule has 0 aromatic heterocycles. The van der Waals surface area contributed by atoms with Crippen molar-refractivity contribution in [3.8, 4) is 11.5 Å². The number of phenols is 1. The van der Waals surface area contributed by atoms with Crippen LogP contribution >= 0.6 is 0 Å². The van der Waals surface area contributed by atoms with Crippen LogP contribution in [0.4, 0.5) is 22.7 Å². The van der Waals surface area contributed by atoms with E-state index in [4.69, 9.17) is 15.6 Å². The number of fused-ring (bicyclic) bond motifs is 2. The number of carbonyl (C=O) groups is 2. The van der Waals surface area contributed by atoms with Crippen LogP contribution in [0.2, 0.25) is 0 Å². The lowest BCUT2D eigenvalue weighted by atomic mass is 9.81. The molecule has 0 unspecified atom stereocenters. The summed E-state index contributed by atoms with van der Waals surface area (Å²) in [4.78, 5) is 37.1. The van der Waals surface area contributed by atoms with Gasteiger partial charge in [0.05, 0.1) is 33.9 Å². The molecule has 0 aliphatic heterocycles. The van der Waals surface area contributed by atoms with Gasteiger partial charge in [-0.25, -0.2) is 0 Å². The van der Waals surface area contributed by atoms with Crippen molar-refractivity contribution in [2.45, 2.75) is 0 Å². The topological polar surface area (TPSA) is 165 Å². The van der Waals surface area contributed by atoms with Gasteiger partial charge in [0.1, 0.15) is 23.7 Å². The van der Waals surface area contributed by atoms with E-state index in [-0.39, 0.29) is 35.7 Å². The number of carbonyl (C=O) groups excluding carboxylic acids is 2. The SMILES string of the molecule is Nc1ccc(Nc2ccc(OCCO)cc2)c2c1C(=O)c1c([N+](=O)[O-])ccc(O)c1C2=O. The molecule has 1 aliphatic rings. The highest BCUT2D eigenvalue weighted by molar-refractivity contribution is 6.33. The number of nitrogens with one attached hydrogen (secondary N) is 1. The van der Waals surface area contributed by atoms with E-state index >= 15 is 0 Å². The number of nitro benzene ring substituents is 1. The largest absolute Gasteiger partial charge is 0.507 e. The number of ketones is 2. The van der Waals surface area contributed by atoms with Crippen molar-refractivity contribution in [2.75, 3.05) is 24.3 Å². The predicted molar refractivity (Wildman–Crippen MR) is 115 cm³/mol. The highest BCUT2D eigenvalue weighted by atomic mass is 16.6. The molecule has 4 rings (SSSR count). The molecule has 0 radical (unpaired) electrons. The third-order valence-electron chi connectivity index (χ3n) is 5.00. The molecule has 0 amide bonds. The van der Waals surface area contributed by atoms with Crippen molar-refractivity contribution in [2.24, 2.45) is 0 Å². The quantitative estimate of drug-likeness (QED) is 0.202. The fraction of sp³-hybridized carbons (Fsp3) is 0.0909. The predicted octanol–water partition coefficient (Wildman–Crippen LogP) is 2.77. The van der Waals surface area contributed by atoms with Crippen molar-refractivity contribution < 1.29 is 29.5 Å². The summed E-state index contributed by atoms with van der Waals surface area (Å²) < 4.78 is 5.30. The minimum absolute atomic E-state index is 0.0139. The maximum Gasteiger partial charge on any atom is 0.281 e. The highest BCUT2D eigenvalue weighted by Gasteiger charge is 2.40. The van der Waals surface area contributed by atoms with Crippen molar-refractivity contribution in [3.05, 3.63) is 80.9 Å². The van der Waals surface area contributed by atoms with Gasteiger partial charge in [0.2, 0.25) is 11.6 Å². The average molecular weight is 435 g/mol. The fourth-order valence-electron chi connectivity index (χ4n) is 3.60. The Morgan fingerprint density at radius 1 is 0.938 bits per heavy atom. The van der Waals surface area contributed by atoms with Crippen LogP contribution in [0, 0.1) is 10.1 Å². The molecule has 10 heteroatoms. The lowest BCUT2D eigenvalue weighted by Gasteiger charge is -2.22. The lowest BCUT2D eigenvalue weighted by molar-refractivity contribution is -0.385. The number of benzene rings is 3. The van der Waals surface area contributed by atoms with E-state index < -0.39 is 39.1 Å². The molecule has 0 saturated heterocycles. The Hall–Kier alpha value is -4.44. The number of aliphatic hydroxyl groups excluding tert-OH is 1. The molecule has 1 aliphatic carbocycles. The summed E-state index contributed by atoms with van der Waals surface area (Å²) in [5, 5.41) is 33.5. The van der Waals surface area contributed by atoms with Crippen molar-refractivity contribution in [1.29, 1.82) is 0 Å². The summed E-state index contributed by atoms with van der Waals surface area (Å²) in [5.41, 5.74) is 5.01. The number of hydrogen-bond donors (Lipinski definition) is 4. The number of nitrogens with zero attached hydrogens (tertiary/aromatic N) is 1. The first-order chi connectivity index (χ1) is 15.3. The second-order valence-electron chi connectivity index (χ2n) is 6.94. The molecule has 0 heterocycles. The van der Waals surface area contributed by atoms with Crippen LogP contribution in [-0.4, -0.2) is 39.9 Å². The molecular weight excluding hydrogens is 418 g/mol. The van der Waals surface area contributed by atoms with Gasteiger partial charge in [0.25, 0.3) is 5.69 Å². The van der Waals surface area contributed by atoms with E-state index in [1.165, 1.54) is 12.1 Å². The first-order valence-electron chi connectivity index (χ1n) is 9.46. The van der Waals surface area contributed by atoms with Gasteiger partial charge in [0.15, 0.2) is 0 Å². The molecular formula is C22H17N3O7. The van der Waals surface area contributed by atoms with Crippen LogP contribution < -0.4 is 15.8 Å². The van der Waals surface area contributed by atoms with Crippen LogP contribution in [0.3, 0.4) is 0 Å². The Morgan fingerprint density at radius 3 is 2.28 bits per heavy atom. The molecule has 0 spiro atoms. The second kappa shape index (κ2) is 8.00. The Labute approximate surface area is 181 Å². The van der Waals surface area contributed by atoms with E-state index in [1.807, 2.05) is 0 Å². The second-order valence-corrected chi connectivity index (χ2v) is 6.94. The fourth-order valence-corrected chi connectivity index (χ4v) is 3.60. The van der Waals surface area contributed by atoms with Gasteiger partial charge in [-0.1, -0.05) is 0 Å². The molecule has 32 heavy (non-hydrogen) atoms. The van der Waals surface area contributed by atoms with Crippen LogP contribution in [0.5, 0.6) is 11.5 Å². The lowest BCUT2D eigenvalue weighted by Crippen LogP contribution is -2.25. The first kappa shape index (κ1) is 20.8. The summed E-state index contributed by atoms with van der Waals surface area (Å²) in [6.45, 7) is 0.0180. The van der Waals surface area contributed by atoms with E-state index in [2.05, 4.69) is 5.32 Å². The minimum Gasteiger partial charge on any atom is -0.507 e. The number of nitro groups is 1. The summed E-state index contributed by atoms with van der Waals surface area (Å²) in [6.07, 6.45) is 0. The van der Waals surface area contributed by atoms with Crippen molar-refractivity contribution in [1.82, 2.24) is 0 Å². The number of aromatic hydroxyl groups is 1. The maximum absolute atomic E-state index is 13.3. The highest BCUT2D eigenvalue weighted by Crippen LogP contribution is 2.42. The molecule has 0 fully saturated rings. The summed E-state index contributed by atoms with van der Waals surface area (Å²) in [6, 6.07) is 11.6. The minimum atomic E-state index is -0.814. The van der Waals surface area contributed by atoms with Crippen LogP contribution in [-0.2, 0) is 0 Å². The number of hydrogen-bond acceptors (Lipinski definition) is 9. The van der Waals surface area contributed by atoms with Gasteiger partial charge < -0.3 is 26.0 Å². The van der Waals surface area contributed by atoms with Gasteiger partial charge in [0, 0.05) is 17.4 Å². The standard InChI is InChI=1S/C22H17N3O7/c23-13-5-6-14(24-11-1-3-12(4-2-11)32-10-9-26)18-17(13)21(28)19-15(25(30)31)7-8-16(27)20(19)22(18)29/h1-8,24,26-27H,9-10,23H2. The molecule has 10 nitrogen and oxygen atoms in total. The monoisotopic (exact) mass is 435 g/mol. The van der Waals surface area contributed by atoms with E-state index in [9.17, 15) is 24.8 Å². The van der Waals surface area contributed by atoms with Crippen LogP contribution in [0.15, 0.2) is 48.5 Å².